The van der Waals surface area contributed by atoms with E-state index in [1.807, 2.05) is 0 Å². The average molecular weight is 290 g/mol. The summed E-state index contributed by atoms with van der Waals surface area (Å²) >= 11 is 0. The topological polar surface area (TPSA) is 108 Å². The van der Waals surface area contributed by atoms with Crippen LogP contribution in [-0.4, -0.2) is 38.2 Å². The number of hydrogen-bond acceptors (Lipinski definition) is 4. The number of amides is 1. The molecular formula is C14H18N4O3. The predicted molar refractivity (Wildman–Crippen MR) is 77.1 cm³/mol. The van der Waals surface area contributed by atoms with Gasteiger partial charge < -0.3 is 10.4 Å². The van der Waals surface area contributed by atoms with Gasteiger partial charge in [0.25, 0.3) is 5.91 Å². The molecule has 2 rings (SSSR count). The zero-order valence-corrected chi connectivity index (χ0v) is 12.4. The van der Waals surface area contributed by atoms with Crippen molar-refractivity contribution in [2.75, 3.05) is 0 Å². The molecule has 1 atom stereocenters. The fourth-order valence-corrected chi connectivity index (χ4v) is 2.21. The zero-order chi connectivity index (χ0) is 15.7. The van der Waals surface area contributed by atoms with Gasteiger partial charge in [-0.2, -0.15) is 5.10 Å². The number of aromatic nitrogens is 3. The van der Waals surface area contributed by atoms with Crippen molar-refractivity contribution in [1.82, 2.24) is 20.5 Å². The number of aliphatic carboxylic acids is 1. The molecule has 0 fully saturated rings. The Morgan fingerprint density at radius 1 is 1.33 bits per heavy atom. The van der Waals surface area contributed by atoms with Crippen molar-refractivity contribution in [2.45, 2.75) is 33.7 Å². The monoisotopic (exact) mass is 290 g/mol. The van der Waals surface area contributed by atoms with E-state index in [2.05, 4.69) is 20.5 Å². The SMILES string of the molecule is Cc1cc(C(=O)N[C@@H](C(=O)O)C(C)C)c2c(C)[nH]nc2n1. The van der Waals surface area contributed by atoms with Crippen LogP contribution in [0.2, 0.25) is 0 Å². The van der Waals surface area contributed by atoms with Gasteiger partial charge in [0, 0.05) is 11.4 Å². The highest BCUT2D eigenvalue weighted by Gasteiger charge is 2.25. The van der Waals surface area contributed by atoms with E-state index in [4.69, 9.17) is 0 Å². The molecule has 3 N–H and O–H groups in total. The molecule has 112 valence electrons. The number of H-pyrrole nitrogens is 1. The van der Waals surface area contributed by atoms with Crippen LogP contribution >= 0.6 is 0 Å². The molecule has 0 saturated heterocycles. The number of hydrogen-bond donors (Lipinski definition) is 3. The first-order chi connectivity index (χ1) is 9.81. The minimum Gasteiger partial charge on any atom is -0.480 e. The van der Waals surface area contributed by atoms with E-state index in [1.165, 1.54) is 0 Å². The van der Waals surface area contributed by atoms with E-state index in [1.54, 1.807) is 33.8 Å². The smallest absolute Gasteiger partial charge is 0.326 e. The lowest BCUT2D eigenvalue weighted by molar-refractivity contribution is -0.140. The number of nitrogens with one attached hydrogen (secondary N) is 2. The van der Waals surface area contributed by atoms with Gasteiger partial charge in [0.05, 0.1) is 10.9 Å². The van der Waals surface area contributed by atoms with Crippen molar-refractivity contribution in [3.05, 3.63) is 23.0 Å². The molecule has 0 aliphatic rings. The van der Waals surface area contributed by atoms with Gasteiger partial charge in [-0.3, -0.25) is 9.89 Å². The molecule has 7 nitrogen and oxygen atoms in total. The maximum atomic E-state index is 12.4. The molecule has 2 aromatic rings. The molecule has 0 aliphatic heterocycles. The van der Waals surface area contributed by atoms with E-state index in [-0.39, 0.29) is 5.92 Å². The molecule has 21 heavy (non-hydrogen) atoms. The normalized spacial score (nSPS) is 12.6. The first-order valence-electron chi connectivity index (χ1n) is 6.67. The van der Waals surface area contributed by atoms with E-state index in [9.17, 15) is 14.7 Å². The molecule has 0 bridgehead atoms. The molecule has 2 heterocycles. The van der Waals surface area contributed by atoms with Gasteiger partial charge in [-0.1, -0.05) is 13.8 Å². The lowest BCUT2D eigenvalue weighted by Gasteiger charge is -2.18. The van der Waals surface area contributed by atoms with Gasteiger partial charge in [0.1, 0.15) is 6.04 Å². The summed E-state index contributed by atoms with van der Waals surface area (Å²) in [5, 5.41) is 19.2. The minimum absolute atomic E-state index is 0.213. The molecule has 2 aromatic heterocycles. The first-order valence-corrected chi connectivity index (χ1v) is 6.67. The van der Waals surface area contributed by atoms with Crippen LogP contribution in [0.1, 0.15) is 35.6 Å². The summed E-state index contributed by atoms with van der Waals surface area (Å²) in [7, 11) is 0. The summed E-state index contributed by atoms with van der Waals surface area (Å²) in [6, 6.07) is 0.701. The van der Waals surface area contributed by atoms with Crippen LogP contribution in [0.15, 0.2) is 6.07 Å². The number of carboxylic acids is 1. The van der Waals surface area contributed by atoms with Crippen LogP contribution in [0.4, 0.5) is 0 Å². The highest BCUT2D eigenvalue weighted by molar-refractivity contribution is 6.07. The number of aryl methyl sites for hydroxylation is 2. The number of nitrogens with zero attached hydrogens (tertiary/aromatic N) is 2. The Labute approximate surface area is 121 Å². The molecule has 0 saturated carbocycles. The van der Waals surface area contributed by atoms with Crippen molar-refractivity contribution in [2.24, 2.45) is 5.92 Å². The van der Waals surface area contributed by atoms with Crippen molar-refractivity contribution in [3.8, 4) is 0 Å². The number of rotatable bonds is 4. The minimum atomic E-state index is -1.05. The molecule has 0 unspecified atom stereocenters. The Kier molecular flexibility index (Phi) is 3.93. The van der Waals surface area contributed by atoms with Gasteiger partial charge in [0.2, 0.25) is 0 Å². The molecule has 0 aromatic carbocycles. The maximum absolute atomic E-state index is 12.4. The maximum Gasteiger partial charge on any atom is 0.326 e. The number of fused-ring (bicyclic) bond motifs is 1. The van der Waals surface area contributed by atoms with Gasteiger partial charge in [-0.15, -0.1) is 0 Å². The van der Waals surface area contributed by atoms with Gasteiger partial charge in [0.15, 0.2) is 5.65 Å². The van der Waals surface area contributed by atoms with Crippen LogP contribution in [-0.2, 0) is 4.79 Å². The number of carboxylic acid groups (broad SMARTS) is 1. The van der Waals surface area contributed by atoms with Crippen molar-refractivity contribution >= 4 is 22.9 Å². The fourth-order valence-electron chi connectivity index (χ4n) is 2.21. The zero-order valence-electron chi connectivity index (χ0n) is 12.4. The highest BCUT2D eigenvalue weighted by atomic mass is 16.4. The largest absolute Gasteiger partial charge is 0.480 e. The standard InChI is InChI=1S/C14H18N4O3/c1-6(2)11(14(20)21)16-13(19)9-5-7(3)15-12-10(9)8(4)17-18-12/h5-6,11H,1-4H3,(H,16,19)(H,20,21)(H,15,17,18)/t11-/m1/s1. The first kappa shape index (κ1) is 15.0. The number of carbonyl (C=O) groups excluding carboxylic acids is 1. The van der Waals surface area contributed by atoms with Gasteiger partial charge in [-0.25, -0.2) is 9.78 Å². The lowest BCUT2D eigenvalue weighted by Crippen LogP contribution is -2.44. The third-order valence-electron chi connectivity index (χ3n) is 3.30. The quantitative estimate of drug-likeness (QED) is 0.789. The van der Waals surface area contributed by atoms with Crippen molar-refractivity contribution in [1.29, 1.82) is 0 Å². The summed E-state index contributed by atoms with van der Waals surface area (Å²) in [5.74, 6) is -1.70. The number of pyridine rings is 1. The Morgan fingerprint density at radius 2 is 2.00 bits per heavy atom. The van der Waals surface area contributed by atoms with E-state index >= 15 is 0 Å². The third-order valence-corrected chi connectivity index (χ3v) is 3.30. The van der Waals surface area contributed by atoms with Crippen molar-refractivity contribution < 1.29 is 14.7 Å². The van der Waals surface area contributed by atoms with E-state index in [0.717, 1.165) is 5.69 Å². The molecule has 7 heteroatoms. The second-order valence-corrected chi connectivity index (χ2v) is 5.39. The van der Waals surface area contributed by atoms with Gasteiger partial charge >= 0.3 is 5.97 Å². The van der Waals surface area contributed by atoms with Crippen LogP contribution in [0, 0.1) is 19.8 Å². The van der Waals surface area contributed by atoms with Crippen LogP contribution in [0.5, 0.6) is 0 Å². The predicted octanol–water partition coefficient (Wildman–Crippen LogP) is 1.41. The second kappa shape index (κ2) is 5.51. The van der Waals surface area contributed by atoms with Crippen LogP contribution < -0.4 is 5.32 Å². The molecule has 1 amide bonds. The average Bonchev–Trinajstić information content (AvgIpc) is 2.75. The number of aromatic amines is 1. The summed E-state index contributed by atoms with van der Waals surface area (Å²) in [5.41, 5.74) is 2.21. The Bertz CT molecular complexity index is 706. The molecule has 0 spiro atoms. The summed E-state index contributed by atoms with van der Waals surface area (Å²) < 4.78 is 0. The molecular weight excluding hydrogens is 272 g/mol. The third kappa shape index (κ3) is 2.86. The summed E-state index contributed by atoms with van der Waals surface area (Å²) in [4.78, 5) is 27.9. The summed E-state index contributed by atoms with van der Waals surface area (Å²) in [6.45, 7) is 7.04. The van der Waals surface area contributed by atoms with Crippen molar-refractivity contribution in [3.63, 3.8) is 0 Å². The Hall–Kier alpha value is -2.44. The molecule has 0 aliphatic carbocycles. The highest BCUT2D eigenvalue weighted by Crippen LogP contribution is 2.20. The summed E-state index contributed by atoms with van der Waals surface area (Å²) in [6.07, 6.45) is 0. The van der Waals surface area contributed by atoms with Crippen LogP contribution in [0.3, 0.4) is 0 Å². The Morgan fingerprint density at radius 3 is 2.57 bits per heavy atom. The lowest BCUT2D eigenvalue weighted by atomic mass is 10.0. The fraction of sp³-hybridized carbons (Fsp3) is 0.429. The van der Waals surface area contributed by atoms with E-state index in [0.29, 0.717) is 22.3 Å². The Balaban J connectivity index is 2.44. The second-order valence-electron chi connectivity index (χ2n) is 5.39. The van der Waals surface area contributed by atoms with Crippen LogP contribution in [0.25, 0.3) is 11.0 Å². The van der Waals surface area contributed by atoms with E-state index < -0.39 is 17.9 Å². The molecule has 0 radical (unpaired) electrons. The number of carbonyl (C=O) groups is 2. The van der Waals surface area contributed by atoms with Gasteiger partial charge in [-0.05, 0) is 25.8 Å².